The molecule has 31 heavy (non-hydrogen) atoms. The number of nitrogens with one attached hydrogen (secondary N) is 2. The van der Waals surface area contributed by atoms with Crippen molar-refractivity contribution >= 4 is 22.5 Å². The molecule has 5 rings (SSSR count). The SMILES string of the molecule is Cc1cccc2ccnc(N(C(=O)c3ccc(-c4nn[nH]n4)cc3)[C@H]3CCCNC3)c12. The molecule has 1 aliphatic rings. The van der Waals surface area contributed by atoms with Crippen molar-refractivity contribution in [3.63, 3.8) is 0 Å². The summed E-state index contributed by atoms with van der Waals surface area (Å²) >= 11 is 0. The Labute approximate surface area is 179 Å². The molecule has 0 bridgehead atoms. The second-order valence-corrected chi connectivity index (χ2v) is 7.80. The second kappa shape index (κ2) is 8.23. The first kappa shape index (κ1) is 19.3. The van der Waals surface area contributed by atoms with Gasteiger partial charge in [0.25, 0.3) is 5.91 Å². The lowest BCUT2D eigenvalue weighted by molar-refractivity contribution is 0.0972. The van der Waals surface area contributed by atoms with Crippen LogP contribution in [0.3, 0.4) is 0 Å². The Balaban J connectivity index is 1.58. The first-order chi connectivity index (χ1) is 15.2. The van der Waals surface area contributed by atoms with E-state index in [2.05, 4.69) is 45.0 Å². The smallest absolute Gasteiger partial charge is 0.259 e. The maximum Gasteiger partial charge on any atom is 0.259 e. The van der Waals surface area contributed by atoms with Crippen LogP contribution in [-0.2, 0) is 0 Å². The molecule has 8 heteroatoms. The molecule has 3 heterocycles. The van der Waals surface area contributed by atoms with Crippen molar-refractivity contribution in [3.05, 3.63) is 65.9 Å². The number of fused-ring (bicyclic) bond motifs is 1. The normalized spacial score (nSPS) is 16.4. The zero-order valence-electron chi connectivity index (χ0n) is 17.2. The van der Waals surface area contributed by atoms with Gasteiger partial charge in [-0.25, -0.2) is 4.98 Å². The summed E-state index contributed by atoms with van der Waals surface area (Å²) in [6.45, 7) is 3.78. The van der Waals surface area contributed by atoms with Gasteiger partial charge in [-0.2, -0.15) is 5.21 Å². The Kier molecular flexibility index (Phi) is 5.13. The molecule has 156 valence electrons. The molecule has 2 aromatic carbocycles. The molecule has 1 atom stereocenters. The molecular formula is C23H23N7O. The van der Waals surface area contributed by atoms with E-state index in [1.165, 1.54) is 0 Å². The largest absolute Gasteiger partial charge is 0.315 e. The fraction of sp³-hybridized carbons (Fsp3) is 0.261. The number of aryl methyl sites for hydroxylation is 1. The van der Waals surface area contributed by atoms with Gasteiger partial charge in [0.05, 0.1) is 6.04 Å². The van der Waals surface area contributed by atoms with E-state index in [1.54, 1.807) is 6.20 Å². The number of pyridine rings is 1. The van der Waals surface area contributed by atoms with Gasteiger partial charge in [-0.1, -0.05) is 30.3 Å². The molecule has 1 aliphatic heterocycles. The number of hydrogen-bond donors (Lipinski definition) is 2. The third kappa shape index (κ3) is 3.66. The van der Waals surface area contributed by atoms with Gasteiger partial charge in [-0.05, 0) is 60.7 Å². The number of H-pyrrole nitrogens is 1. The molecule has 2 N–H and O–H groups in total. The summed E-state index contributed by atoms with van der Waals surface area (Å²) in [5.41, 5.74) is 2.51. The van der Waals surface area contributed by atoms with E-state index in [0.717, 1.165) is 53.6 Å². The van der Waals surface area contributed by atoms with Crippen LogP contribution in [0, 0.1) is 6.92 Å². The van der Waals surface area contributed by atoms with Gasteiger partial charge in [0.2, 0.25) is 5.82 Å². The zero-order chi connectivity index (χ0) is 21.2. The van der Waals surface area contributed by atoms with Crippen LogP contribution >= 0.6 is 0 Å². The fourth-order valence-electron chi connectivity index (χ4n) is 4.24. The second-order valence-electron chi connectivity index (χ2n) is 7.80. The van der Waals surface area contributed by atoms with Crippen molar-refractivity contribution in [2.45, 2.75) is 25.8 Å². The Hall–Kier alpha value is -3.65. The highest BCUT2D eigenvalue weighted by Gasteiger charge is 2.30. The Bertz CT molecular complexity index is 1190. The van der Waals surface area contributed by atoms with Crippen LogP contribution in [0.5, 0.6) is 0 Å². The monoisotopic (exact) mass is 413 g/mol. The molecule has 1 amide bonds. The van der Waals surface area contributed by atoms with Gasteiger partial charge >= 0.3 is 0 Å². The first-order valence-corrected chi connectivity index (χ1v) is 10.4. The van der Waals surface area contributed by atoms with E-state index in [4.69, 9.17) is 4.98 Å². The highest BCUT2D eigenvalue weighted by Crippen LogP contribution is 2.31. The minimum absolute atomic E-state index is 0.0378. The molecular weight excluding hydrogens is 390 g/mol. The maximum atomic E-state index is 13.8. The average Bonchev–Trinajstić information content (AvgIpc) is 3.35. The Morgan fingerprint density at radius 3 is 2.74 bits per heavy atom. The molecule has 1 saturated heterocycles. The predicted octanol–water partition coefficient (Wildman–Crippen LogP) is 3.12. The van der Waals surface area contributed by atoms with Crippen molar-refractivity contribution in [2.75, 3.05) is 18.0 Å². The maximum absolute atomic E-state index is 13.8. The molecule has 2 aromatic heterocycles. The Morgan fingerprint density at radius 2 is 2.00 bits per heavy atom. The number of aromatic nitrogens is 5. The number of rotatable bonds is 4. The first-order valence-electron chi connectivity index (χ1n) is 10.4. The number of hydrogen-bond acceptors (Lipinski definition) is 6. The highest BCUT2D eigenvalue weighted by molar-refractivity contribution is 6.10. The van der Waals surface area contributed by atoms with Crippen LogP contribution in [0.1, 0.15) is 28.8 Å². The van der Waals surface area contributed by atoms with E-state index in [0.29, 0.717) is 11.4 Å². The number of aromatic amines is 1. The summed E-state index contributed by atoms with van der Waals surface area (Å²) in [5.74, 6) is 1.16. The van der Waals surface area contributed by atoms with Gasteiger partial charge < -0.3 is 5.32 Å². The number of carbonyl (C=O) groups excluding carboxylic acids is 1. The third-order valence-corrected chi connectivity index (χ3v) is 5.80. The lowest BCUT2D eigenvalue weighted by Gasteiger charge is -2.35. The van der Waals surface area contributed by atoms with Crippen LogP contribution in [0.15, 0.2) is 54.7 Å². The predicted molar refractivity (Wildman–Crippen MR) is 119 cm³/mol. The van der Waals surface area contributed by atoms with E-state index in [1.807, 2.05) is 41.3 Å². The lowest BCUT2D eigenvalue weighted by Crippen LogP contribution is -2.49. The number of benzene rings is 2. The molecule has 0 spiro atoms. The quantitative estimate of drug-likeness (QED) is 0.533. The van der Waals surface area contributed by atoms with Crippen molar-refractivity contribution in [1.82, 2.24) is 30.9 Å². The lowest BCUT2D eigenvalue weighted by atomic mass is 10.0. The average molecular weight is 413 g/mol. The molecule has 0 unspecified atom stereocenters. The molecule has 0 aliphatic carbocycles. The van der Waals surface area contributed by atoms with Crippen molar-refractivity contribution in [1.29, 1.82) is 0 Å². The minimum atomic E-state index is -0.0587. The number of tetrazole rings is 1. The molecule has 0 radical (unpaired) electrons. The minimum Gasteiger partial charge on any atom is -0.315 e. The van der Waals surface area contributed by atoms with Crippen molar-refractivity contribution in [3.8, 4) is 11.4 Å². The van der Waals surface area contributed by atoms with Crippen LogP contribution < -0.4 is 10.2 Å². The van der Waals surface area contributed by atoms with Crippen LogP contribution in [0.2, 0.25) is 0 Å². The van der Waals surface area contributed by atoms with E-state index >= 15 is 0 Å². The van der Waals surface area contributed by atoms with Crippen LogP contribution in [0.4, 0.5) is 5.82 Å². The standard InChI is InChI=1S/C23H23N7O/c1-15-4-2-5-16-11-13-25-22(20(15)16)30(19-6-3-12-24-14-19)23(31)18-9-7-17(8-10-18)21-26-28-29-27-21/h2,4-5,7-11,13,19,24H,3,6,12,14H2,1H3,(H,26,27,28,29)/t19-/m0/s1. The van der Waals surface area contributed by atoms with Crippen molar-refractivity contribution in [2.24, 2.45) is 0 Å². The number of amides is 1. The van der Waals surface area contributed by atoms with E-state index in [-0.39, 0.29) is 11.9 Å². The summed E-state index contributed by atoms with van der Waals surface area (Å²) in [7, 11) is 0. The molecule has 1 fully saturated rings. The molecule has 0 saturated carbocycles. The number of carbonyl (C=O) groups is 1. The Morgan fingerprint density at radius 1 is 1.13 bits per heavy atom. The van der Waals surface area contributed by atoms with Crippen molar-refractivity contribution < 1.29 is 4.79 Å². The number of piperidine rings is 1. The number of anilines is 1. The summed E-state index contributed by atoms with van der Waals surface area (Å²) in [4.78, 5) is 20.4. The van der Waals surface area contributed by atoms with Gasteiger partial charge in [0, 0.05) is 29.3 Å². The van der Waals surface area contributed by atoms with E-state index < -0.39 is 0 Å². The van der Waals surface area contributed by atoms with E-state index in [9.17, 15) is 4.79 Å². The summed E-state index contributed by atoms with van der Waals surface area (Å²) < 4.78 is 0. The molecule has 8 nitrogen and oxygen atoms in total. The van der Waals surface area contributed by atoms with Crippen LogP contribution in [0.25, 0.3) is 22.2 Å². The number of nitrogens with zero attached hydrogens (tertiary/aromatic N) is 5. The van der Waals surface area contributed by atoms with Gasteiger partial charge in [-0.15, -0.1) is 10.2 Å². The summed E-state index contributed by atoms with van der Waals surface area (Å²) in [6.07, 6.45) is 3.74. The summed E-state index contributed by atoms with van der Waals surface area (Å²) in [6, 6.07) is 15.5. The van der Waals surface area contributed by atoms with Gasteiger partial charge in [-0.3, -0.25) is 9.69 Å². The fourth-order valence-corrected chi connectivity index (χ4v) is 4.24. The van der Waals surface area contributed by atoms with Gasteiger partial charge in [0.15, 0.2) is 0 Å². The molecule has 4 aromatic rings. The zero-order valence-corrected chi connectivity index (χ0v) is 17.2. The van der Waals surface area contributed by atoms with Crippen LogP contribution in [-0.4, -0.2) is 50.6 Å². The highest BCUT2D eigenvalue weighted by atomic mass is 16.2. The van der Waals surface area contributed by atoms with Gasteiger partial charge in [0.1, 0.15) is 5.82 Å². The summed E-state index contributed by atoms with van der Waals surface area (Å²) in [5, 5.41) is 19.6. The third-order valence-electron chi connectivity index (χ3n) is 5.80. The topological polar surface area (TPSA) is 99.7 Å².